The van der Waals surface area contributed by atoms with E-state index in [4.69, 9.17) is 10.8 Å². The number of hydrogen-bond acceptors (Lipinski definition) is 5. The fourth-order valence-corrected chi connectivity index (χ4v) is 2.85. The topological polar surface area (TPSA) is 151 Å². The number of amides is 3. The summed E-state index contributed by atoms with van der Waals surface area (Å²) in [4.78, 5) is 47.5. The molecule has 6 N–H and O–H groups in total. The second kappa shape index (κ2) is 12.1. The molecule has 0 spiro atoms. The smallest absolute Gasteiger partial charge is 0.322 e. The Morgan fingerprint density at radius 3 is 1.84 bits per heavy atom. The van der Waals surface area contributed by atoms with Crippen LogP contribution in [-0.4, -0.2) is 54.0 Å². The van der Waals surface area contributed by atoms with Crippen LogP contribution in [0.2, 0.25) is 0 Å². The molecular formula is C22H26N4O5. The van der Waals surface area contributed by atoms with Crippen molar-refractivity contribution in [2.45, 2.75) is 24.9 Å². The van der Waals surface area contributed by atoms with Gasteiger partial charge in [-0.1, -0.05) is 60.7 Å². The monoisotopic (exact) mass is 426 g/mol. The molecule has 9 heteroatoms. The molecule has 0 aromatic heterocycles. The van der Waals surface area contributed by atoms with E-state index in [1.807, 2.05) is 36.4 Å². The Bertz CT molecular complexity index is 889. The number of carboxylic acid groups (broad SMARTS) is 1. The number of benzene rings is 2. The van der Waals surface area contributed by atoms with Crippen LogP contribution in [0, 0.1) is 0 Å². The molecule has 0 saturated carbocycles. The van der Waals surface area contributed by atoms with Crippen molar-refractivity contribution in [3.63, 3.8) is 0 Å². The zero-order valence-electron chi connectivity index (χ0n) is 16.9. The van der Waals surface area contributed by atoms with Gasteiger partial charge in [0, 0.05) is 6.42 Å². The van der Waals surface area contributed by atoms with Gasteiger partial charge < -0.3 is 26.8 Å². The molecule has 0 bridgehead atoms. The highest BCUT2D eigenvalue weighted by Crippen LogP contribution is 2.04. The number of aliphatic carboxylic acids is 1. The van der Waals surface area contributed by atoms with E-state index in [9.17, 15) is 19.2 Å². The van der Waals surface area contributed by atoms with Gasteiger partial charge in [0.15, 0.2) is 0 Å². The van der Waals surface area contributed by atoms with Crippen molar-refractivity contribution in [2.24, 2.45) is 5.73 Å². The molecule has 31 heavy (non-hydrogen) atoms. The number of carbonyl (C=O) groups excluding carboxylic acids is 3. The van der Waals surface area contributed by atoms with Crippen LogP contribution in [0.1, 0.15) is 11.1 Å². The van der Waals surface area contributed by atoms with Crippen molar-refractivity contribution in [3.05, 3.63) is 71.8 Å². The van der Waals surface area contributed by atoms with Crippen LogP contribution >= 0.6 is 0 Å². The van der Waals surface area contributed by atoms with Crippen LogP contribution in [0.3, 0.4) is 0 Å². The molecule has 2 rings (SSSR count). The van der Waals surface area contributed by atoms with E-state index in [1.165, 1.54) is 0 Å². The average Bonchev–Trinajstić information content (AvgIpc) is 2.76. The number of carboxylic acids is 1. The third-order valence-corrected chi connectivity index (χ3v) is 4.41. The lowest BCUT2D eigenvalue weighted by Crippen LogP contribution is -2.52. The van der Waals surface area contributed by atoms with E-state index in [0.29, 0.717) is 6.42 Å². The molecule has 0 radical (unpaired) electrons. The Labute approximate surface area is 180 Å². The third-order valence-electron chi connectivity index (χ3n) is 4.41. The minimum atomic E-state index is -1.20. The molecule has 2 aromatic carbocycles. The fourth-order valence-electron chi connectivity index (χ4n) is 2.85. The first-order valence-electron chi connectivity index (χ1n) is 9.75. The zero-order chi connectivity index (χ0) is 22.6. The standard InChI is InChI=1S/C22H26N4O5/c23-17(11-15-7-3-1-4-8-15)21(30)24-13-19(27)26-18(22(31)25-14-20(28)29)12-16-9-5-2-6-10-16/h1-10,17-18H,11-14,23H2,(H,24,30)(H,25,31)(H,26,27)(H,28,29)/t17-,18+/m0/s1. The molecule has 9 nitrogen and oxygen atoms in total. The van der Waals surface area contributed by atoms with Crippen molar-refractivity contribution in [1.29, 1.82) is 0 Å². The number of nitrogens with one attached hydrogen (secondary N) is 3. The SMILES string of the molecule is N[C@@H](Cc1ccccc1)C(=O)NCC(=O)N[C@H](Cc1ccccc1)C(=O)NCC(=O)O. The minimum absolute atomic E-state index is 0.166. The van der Waals surface area contributed by atoms with E-state index in [1.54, 1.807) is 24.3 Å². The first-order chi connectivity index (χ1) is 14.8. The van der Waals surface area contributed by atoms with Gasteiger partial charge in [0.25, 0.3) is 0 Å². The fraction of sp³-hybridized carbons (Fsp3) is 0.273. The Kier molecular flexibility index (Phi) is 9.18. The molecular weight excluding hydrogens is 400 g/mol. The number of carbonyl (C=O) groups is 4. The normalized spacial score (nSPS) is 12.3. The molecule has 3 amide bonds. The molecule has 0 unspecified atom stereocenters. The van der Waals surface area contributed by atoms with Gasteiger partial charge in [-0.25, -0.2) is 0 Å². The second-order valence-electron chi connectivity index (χ2n) is 6.94. The third kappa shape index (κ3) is 8.67. The van der Waals surface area contributed by atoms with Crippen molar-refractivity contribution >= 4 is 23.7 Å². The largest absolute Gasteiger partial charge is 0.480 e. The van der Waals surface area contributed by atoms with Crippen LogP contribution in [0.15, 0.2) is 60.7 Å². The highest BCUT2D eigenvalue weighted by Gasteiger charge is 2.22. The second-order valence-corrected chi connectivity index (χ2v) is 6.94. The summed E-state index contributed by atoms with van der Waals surface area (Å²) in [6.45, 7) is -0.927. The van der Waals surface area contributed by atoms with Crippen LogP contribution < -0.4 is 21.7 Å². The van der Waals surface area contributed by atoms with Crippen LogP contribution in [0.4, 0.5) is 0 Å². The summed E-state index contributed by atoms with van der Waals surface area (Å²) in [6.07, 6.45) is 0.488. The quantitative estimate of drug-likeness (QED) is 0.330. The average molecular weight is 426 g/mol. The van der Waals surface area contributed by atoms with E-state index in [0.717, 1.165) is 11.1 Å². The molecule has 0 heterocycles. The molecule has 164 valence electrons. The number of hydrogen-bond donors (Lipinski definition) is 5. The van der Waals surface area contributed by atoms with Gasteiger partial charge in [0.2, 0.25) is 17.7 Å². The van der Waals surface area contributed by atoms with Crippen molar-refractivity contribution in [1.82, 2.24) is 16.0 Å². The molecule has 0 aliphatic rings. The maximum Gasteiger partial charge on any atom is 0.322 e. The Hall–Kier alpha value is -3.72. The Balaban J connectivity index is 1.90. The van der Waals surface area contributed by atoms with Gasteiger partial charge in [-0.05, 0) is 17.5 Å². The van der Waals surface area contributed by atoms with Gasteiger partial charge in [0.05, 0.1) is 12.6 Å². The van der Waals surface area contributed by atoms with Gasteiger partial charge in [-0.3, -0.25) is 19.2 Å². The van der Waals surface area contributed by atoms with Gasteiger partial charge in [-0.2, -0.15) is 0 Å². The first-order valence-corrected chi connectivity index (χ1v) is 9.75. The van der Waals surface area contributed by atoms with E-state index in [2.05, 4.69) is 16.0 Å². The highest BCUT2D eigenvalue weighted by molar-refractivity contribution is 5.92. The number of rotatable bonds is 11. The minimum Gasteiger partial charge on any atom is -0.480 e. The van der Waals surface area contributed by atoms with Crippen molar-refractivity contribution < 1.29 is 24.3 Å². The van der Waals surface area contributed by atoms with Crippen molar-refractivity contribution in [3.8, 4) is 0 Å². The molecule has 0 saturated heterocycles. The van der Waals surface area contributed by atoms with Crippen LogP contribution in [-0.2, 0) is 32.0 Å². The molecule has 0 fully saturated rings. The summed E-state index contributed by atoms with van der Waals surface area (Å²) < 4.78 is 0. The first kappa shape index (κ1) is 23.6. The summed E-state index contributed by atoms with van der Waals surface area (Å²) in [7, 11) is 0. The predicted octanol–water partition coefficient (Wildman–Crippen LogP) is -0.399. The summed E-state index contributed by atoms with van der Waals surface area (Å²) >= 11 is 0. The van der Waals surface area contributed by atoms with Crippen LogP contribution in [0.5, 0.6) is 0 Å². The van der Waals surface area contributed by atoms with Crippen LogP contribution in [0.25, 0.3) is 0 Å². The van der Waals surface area contributed by atoms with Gasteiger partial charge in [-0.15, -0.1) is 0 Å². The Morgan fingerprint density at radius 1 is 0.774 bits per heavy atom. The highest BCUT2D eigenvalue weighted by atomic mass is 16.4. The maximum absolute atomic E-state index is 12.3. The lowest BCUT2D eigenvalue weighted by molar-refractivity contribution is -0.138. The summed E-state index contributed by atoms with van der Waals surface area (Å²) in [6, 6.07) is 16.4. The summed E-state index contributed by atoms with van der Waals surface area (Å²) in [5, 5.41) is 16.0. The van der Waals surface area contributed by atoms with E-state index >= 15 is 0 Å². The van der Waals surface area contributed by atoms with Gasteiger partial charge in [0.1, 0.15) is 12.6 Å². The van der Waals surface area contributed by atoms with E-state index in [-0.39, 0.29) is 13.0 Å². The maximum atomic E-state index is 12.3. The number of nitrogens with two attached hydrogens (primary N) is 1. The zero-order valence-corrected chi connectivity index (χ0v) is 16.9. The van der Waals surface area contributed by atoms with Gasteiger partial charge >= 0.3 is 5.97 Å². The predicted molar refractivity (Wildman–Crippen MR) is 114 cm³/mol. The summed E-state index contributed by atoms with van der Waals surface area (Å²) in [5.41, 5.74) is 7.57. The molecule has 0 aliphatic heterocycles. The molecule has 2 aromatic rings. The summed E-state index contributed by atoms with van der Waals surface area (Å²) in [5.74, 6) is -2.91. The lowest BCUT2D eigenvalue weighted by atomic mass is 10.1. The molecule has 0 aliphatic carbocycles. The molecule has 2 atom stereocenters. The van der Waals surface area contributed by atoms with Crippen molar-refractivity contribution in [2.75, 3.05) is 13.1 Å². The lowest BCUT2D eigenvalue weighted by Gasteiger charge is -2.19. The van der Waals surface area contributed by atoms with E-state index < -0.39 is 42.3 Å². The Morgan fingerprint density at radius 2 is 1.29 bits per heavy atom.